The standard InChI is InChI=1S/C22H20Br2ClN3O5/c1-3-5-17-27-15-7-6-13(23)9-14(15)22(31)28(17)26-10-12-8-16(32-4-2)21(20(25)19(12)24)33-11-18(29)30/h6-10H,3-5,11H2,1-2H3,(H,29,30). The number of carboxylic acid groups (broad SMARTS) is 1. The van der Waals surface area contributed by atoms with Crippen molar-refractivity contribution in [2.24, 2.45) is 5.10 Å². The quantitative estimate of drug-likeness (QED) is 0.335. The molecule has 0 aliphatic carbocycles. The zero-order valence-electron chi connectivity index (χ0n) is 17.8. The summed E-state index contributed by atoms with van der Waals surface area (Å²) in [6.07, 6.45) is 2.81. The number of hydrogen-bond donors (Lipinski definition) is 1. The fourth-order valence-corrected chi connectivity index (χ4v) is 4.06. The highest BCUT2D eigenvalue weighted by atomic mass is 79.9. The molecule has 11 heteroatoms. The van der Waals surface area contributed by atoms with Gasteiger partial charge in [-0.2, -0.15) is 9.78 Å². The van der Waals surface area contributed by atoms with E-state index < -0.39 is 12.6 Å². The summed E-state index contributed by atoms with van der Waals surface area (Å²) in [6, 6.07) is 6.94. The lowest BCUT2D eigenvalue weighted by Gasteiger charge is -2.15. The number of aromatic nitrogens is 2. The minimum absolute atomic E-state index is 0.103. The molecule has 174 valence electrons. The van der Waals surface area contributed by atoms with Gasteiger partial charge in [-0.3, -0.25) is 4.79 Å². The summed E-state index contributed by atoms with van der Waals surface area (Å²) in [5.74, 6) is -0.253. The van der Waals surface area contributed by atoms with E-state index in [0.717, 1.165) is 10.9 Å². The molecule has 0 atom stereocenters. The van der Waals surface area contributed by atoms with Gasteiger partial charge in [0.2, 0.25) is 0 Å². The maximum absolute atomic E-state index is 13.2. The van der Waals surface area contributed by atoms with E-state index in [9.17, 15) is 9.59 Å². The fraction of sp³-hybridized carbons (Fsp3) is 0.273. The Morgan fingerprint density at radius 3 is 2.70 bits per heavy atom. The SMILES string of the molecule is CCCc1nc2ccc(Br)cc2c(=O)n1N=Cc1cc(OCC)c(OCC(=O)O)c(Cl)c1Br. The van der Waals surface area contributed by atoms with E-state index in [1.54, 1.807) is 25.1 Å². The van der Waals surface area contributed by atoms with Crippen LogP contribution in [-0.2, 0) is 11.2 Å². The number of carboxylic acids is 1. The van der Waals surface area contributed by atoms with Crippen LogP contribution in [0.3, 0.4) is 0 Å². The maximum Gasteiger partial charge on any atom is 0.341 e. The van der Waals surface area contributed by atoms with Crippen molar-refractivity contribution >= 4 is 66.5 Å². The van der Waals surface area contributed by atoms with Crippen molar-refractivity contribution in [1.29, 1.82) is 0 Å². The number of rotatable bonds is 9. The number of hydrogen-bond acceptors (Lipinski definition) is 6. The second kappa shape index (κ2) is 11.1. The molecular formula is C22H20Br2ClN3O5. The van der Waals surface area contributed by atoms with Gasteiger partial charge in [-0.05, 0) is 53.5 Å². The van der Waals surface area contributed by atoms with Crippen LogP contribution in [-0.4, -0.2) is 40.2 Å². The van der Waals surface area contributed by atoms with Crippen LogP contribution in [0.5, 0.6) is 11.5 Å². The number of nitrogens with zero attached hydrogens (tertiary/aromatic N) is 3. The zero-order valence-corrected chi connectivity index (χ0v) is 21.7. The van der Waals surface area contributed by atoms with E-state index in [1.165, 1.54) is 10.9 Å². The minimum atomic E-state index is -1.14. The van der Waals surface area contributed by atoms with E-state index in [4.69, 9.17) is 26.2 Å². The number of aryl methyl sites for hydroxylation is 1. The Hall–Kier alpha value is -2.43. The number of fused-ring (bicyclic) bond motifs is 1. The van der Waals surface area contributed by atoms with Gasteiger partial charge in [0.15, 0.2) is 18.1 Å². The van der Waals surface area contributed by atoms with Gasteiger partial charge in [-0.15, -0.1) is 0 Å². The highest BCUT2D eigenvalue weighted by Crippen LogP contribution is 2.42. The van der Waals surface area contributed by atoms with Crippen LogP contribution in [0.1, 0.15) is 31.7 Å². The zero-order chi connectivity index (χ0) is 24.1. The highest BCUT2D eigenvalue weighted by Gasteiger charge is 2.19. The Bertz CT molecular complexity index is 1290. The van der Waals surface area contributed by atoms with Crippen molar-refractivity contribution in [3.8, 4) is 11.5 Å². The fourth-order valence-electron chi connectivity index (χ4n) is 3.05. The van der Waals surface area contributed by atoms with Crippen molar-refractivity contribution in [2.75, 3.05) is 13.2 Å². The van der Waals surface area contributed by atoms with E-state index >= 15 is 0 Å². The molecule has 0 aliphatic heterocycles. The lowest BCUT2D eigenvalue weighted by atomic mass is 10.2. The number of ether oxygens (including phenoxy) is 2. The summed E-state index contributed by atoms with van der Waals surface area (Å²) < 4.78 is 13.3. The molecule has 0 aliphatic rings. The first kappa shape index (κ1) is 25.2. The molecule has 1 heterocycles. The lowest BCUT2D eigenvalue weighted by molar-refractivity contribution is -0.139. The van der Waals surface area contributed by atoms with Crippen molar-refractivity contribution in [2.45, 2.75) is 26.7 Å². The van der Waals surface area contributed by atoms with Crippen molar-refractivity contribution in [1.82, 2.24) is 9.66 Å². The molecule has 3 aromatic rings. The van der Waals surface area contributed by atoms with Crippen LogP contribution in [0.15, 0.2) is 43.1 Å². The second-order valence-electron chi connectivity index (χ2n) is 6.84. The van der Waals surface area contributed by atoms with Crippen molar-refractivity contribution < 1.29 is 19.4 Å². The van der Waals surface area contributed by atoms with E-state index in [2.05, 4.69) is 41.9 Å². The number of benzene rings is 2. The van der Waals surface area contributed by atoms with E-state index in [1.807, 2.05) is 13.0 Å². The summed E-state index contributed by atoms with van der Waals surface area (Å²) in [5.41, 5.74) is 0.811. The average molecular weight is 602 g/mol. The van der Waals surface area contributed by atoms with Gasteiger partial charge >= 0.3 is 5.97 Å². The van der Waals surface area contributed by atoms with Gasteiger partial charge in [0.1, 0.15) is 10.8 Å². The molecule has 33 heavy (non-hydrogen) atoms. The Balaban J connectivity index is 2.12. The molecule has 0 spiro atoms. The molecule has 0 amide bonds. The van der Waals surface area contributed by atoms with Crippen LogP contribution in [0, 0.1) is 0 Å². The van der Waals surface area contributed by atoms with Crippen molar-refractivity contribution in [3.63, 3.8) is 0 Å². The predicted molar refractivity (Wildman–Crippen MR) is 134 cm³/mol. The van der Waals surface area contributed by atoms with Gasteiger partial charge in [0.25, 0.3) is 5.56 Å². The summed E-state index contributed by atoms with van der Waals surface area (Å²) in [4.78, 5) is 28.7. The maximum atomic E-state index is 13.2. The van der Waals surface area contributed by atoms with Crippen LogP contribution < -0.4 is 15.0 Å². The first-order chi connectivity index (χ1) is 15.8. The molecule has 0 saturated carbocycles. The Kier molecular flexibility index (Phi) is 8.50. The molecular weight excluding hydrogens is 582 g/mol. The second-order valence-corrected chi connectivity index (χ2v) is 8.92. The number of carbonyl (C=O) groups is 1. The van der Waals surface area contributed by atoms with Gasteiger partial charge in [0.05, 0.1) is 23.7 Å². The third-order valence-corrected chi connectivity index (χ3v) is 6.39. The van der Waals surface area contributed by atoms with Gasteiger partial charge in [-0.25, -0.2) is 9.78 Å². The Labute approximate surface area is 211 Å². The molecule has 1 N–H and O–H groups in total. The predicted octanol–water partition coefficient (Wildman–Crippen LogP) is 5.27. The third-order valence-electron chi connectivity index (χ3n) is 4.46. The topological polar surface area (TPSA) is 103 Å². The molecule has 0 bridgehead atoms. The number of halogens is 3. The summed E-state index contributed by atoms with van der Waals surface area (Å²) in [5, 5.41) is 13.9. The van der Waals surface area contributed by atoms with Crippen LogP contribution >= 0.6 is 43.5 Å². The molecule has 0 radical (unpaired) electrons. The third kappa shape index (κ3) is 5.74. The van der Waals surface area contributed by atoms with Crippen LogP contribution in [0.25, 0.3) is 10.9 Å². The van der Waals surface area contributed by atoms with E-state index in [0.29, 0.717) is 39.8 Å². The summed E-state index contributed by atoms with van der Waals surface area (Å²) in [7, 11) is 0. The van der Waals surface area contributed by atoms with E-state index in [-0.39, 0.29) is 22.1 Å². The number of aliphatic carboxylic acids is 1. The molecule has 2 aromatic carbocycles. The van der Waals surface area contributed by atoms with Gasteiger partial charge in [0, 0.05) is 20.9 Å². The first-order valence-corrected chi connectivity index (χ1v) is 12.0. The molecule has 1 aromatic heterocycles. The monoisotopic (exact) mass is 599 g/mol. The minimum Gasteiger partial charge on any atom is -0.490 e. The summed E-state index contributed by atoms with van der Waals surface area (Å²) in [6.45, 7) is 3.50. The lowest BCUT2D eigenvalue weighted by Crippen LogP contribution is -2.22. The normalized spacial score (nSPS) is 11.3. The van der Waals surface area contributed by atoms with Gasteiger partial charge < -0.3 is 14.6 Å². The molecule has 3 rings (SSSR count). The van der Waals surface area contributed by atoms with Crippen molar-refractivity contribution in [3.05, 3.63) is 60.0 Å². The van der Waals surface area contributed by atoms with Crippen LogP contribution in [0.2, 0.25) is 5.02 Å². The highest BCUT2D eigenvalue weighted by molar-refractivity contribution is 9.10. The molecule has 0 unspecified atom stereocenters. The first-order valence-electron chi connectivity index (χ1n) is 10.0. The van der Waals surface area contributed by atoms with Crippen LogP contribution in [0.4, 0.5) is 0 Å². The largest absolute Gasteiger partial charge is 0.490 e. The molecule has 0 saturated heterocycles. The Morgan fingerprint density at radius 2 is 2.03 bits per heavy atom. The summed E-state index contributed by atoms with van der Waals surface area (Å²) >= 11 is 13.2. The molecule has 8 nitrogen and oxygen atoms in total. The molecule has 0 fully saturated rings. The Morgan fingerprint density at radius 1 is 1.27 bits per heavy atom. The van der Waals surface area contributed by atoms with Gasteiger partial charge in [-0.1, -0.05) is 34.5 Å². The average Bonchev–Trinajstić information content (AvgIpc) is 2.77. The smallest absolute Gasteiger partial charge is 0.341 e.